The Morgan fingerprint density at radius 2 is 2.20 bits per heavy atom. The van der Waals surface area contributed by atoms with Crippen molar-refractivity contribution in [3.05, 3.63) is 36.1 Å². The SMILES string of the molecule is CCNC(COCCC1CC1)c1cc2ccccc2o1. The first-order chi connectivity index (χ1) is 9.86. The molecule has 0 radical (unpaired) electrons. The van der Waals surface area contributed by atoms with Crippen molar-refractivity contribution < 1.29 is 9.15 Å². The van der Waals surface area contributed by atoms with Gasteiger partial charge in [-0.3, -0.25) is 0 Å². The van der Waals surface area contributed by atoms with E-state index in [4.69, 9.17) is 9.15 Å². The maximum Gasteiger partial charge on any atom is 0.134 e. The lowest BCUT2D eigenvalue weighted by Gasteiger charge is -2.15. The molecule has 1 aromatic heterocycles. The Labute approximate surface area is 120 Å². The number of benzene rings is 1. The van der Waals surface area contributed by atoms with E-state index >= 15 is 0 Å². The summed E-state index contributed by atoms with van der Waals surface area (Å²) in [7, 11) is 0. The Morgan fingerprint density at radius 3 is 2.95 bits per heavy atom. The van der Waals surface area contributed by atoms with E-state index in [1.54, 1.807) is 0 Å². The molecule has 2 aromatic rings. The molecule has 1 N–H and O–H groups in total. The molecule has 1 atom stereocenters. The number of ether oxygens (including phenoxy) is 1. The molecular weight excluding hydrogens is 250 g/mol. The average Bonchev–Trinajstić information content (AvgIpc) is 3.18. The van der Waals surface area contributed by atoms with Crippen molar-refractivity contribution in [2.45, 2.75) is 32.2 Å². The first-order valence-electron chi connectivity index (χ1n) is 7.66. The number of rotatable bonds is 8. The van der Waals surface area contributed by atoms with Gasteiger partial charge in [-0.25, -0.2) is 0 Å². The standard InChI is InChI=1S/C17H23NO2/c1-2-18-15(12-19-10-9-13-7-8-13)17-11-14-5-3-4-6-16(14)20-17/h3-6,11,13,15,18H,2,7-10,12H2,1H3. The Hall–Kier alpha value is -1.32. The summed E-state index contributed by atoms with van der Waals surface area (Å²) < 4.78 is 11.8. The number of para-hydroxylation sites is 1. The van der Waals surface area contributed by atoms with Crippen LogP contribution in [0.2, 0.25) is 0 Å². The fourth-order valence-corrected chi connectivity index (χ4v) is 2.52. The maximum absolute atomic E-state index is 5.93. The second-order valence-corrected chi connectivity index (χ2v) is 5.60. The zero-order valence-corrected chi connectivity index (χ0v) is 12.1. The zero-order valence-electron chi connectivity index (χ0n) is 12.1. The molecule has 0 amide bonds. The smallest absolute Gasteiger partial charge is 0.134 e. The van der Waals surface area contributed by atoms with Crippen LogP contribution in [0.25, 0.3) is 11.0 Å². The Morgan fingerprint density at radius 1 is 1.35 bits per heavy atom. The van der Waals surface area contributed by atoms with Crippen molar-refractivity contribution >= 4 is 11.0 Å². The Balaban J connectivity index is 1.61. The molecule has 3 nitrogen and oxygen atoms in total. The van der Waals surface area contributed by atoms with E-state index in [0.717, 1.165) is 35.8 Å². The molecule has 0 aliphatic heterocycles. The van der Waals surface area contributed by atoms with Gasteiger partial charge in [0.1, 0.15) is 11.3 Å². The Kier molecular flexibility index (Phi) is 4.38. The van der Waals surface area contributed by atoms with Crippen LogP contribution in [0.4, 0.5) is 0 Å². The van der Waals surface area contributed by atoms with Gasteiger partial charge >= 0.3 is 0 Å². The van der Waals surface area contributed by atoms with Gasteiger partial charge < -0.3 is 14.5 Å². The van der Waals surface area contributed by atoms with Crippen molar-refractivity contribution in [1.29, 1.82) is 0 Å². The first kappa shape index (κ1) is 13.7. The normalized spacial score (nSPS) is 16.6. The van der Waals surface area contributed by atoms with Gasteiger partial charge in [-0.05, 0) is 31.0 Å². The highest BCUT2D eigenvalue weighted by atomic mass is 16.5. The van der Waals surface area contributed by atoms with Crippen LogP contribution < -0.4 is 5.32 Å². The molecule has 1 aliphatic rings. The summed E-state index contributed by atoms with van der Waals surface area (Å²) in [5.74, 6) is 1.90. The van der Waals surface area contributed by atoms with E-state index in [-0.39, 0.29) is 6.04 Å². The molecule has 0 bridgehead atoms. The van der Waals surface area contributed by atoms with Crippen molar-refractivity contribution in [3.8, 4) is 0 Å². The van der Waals surface area contributed by atoms with Crippen LogP contribution in [0.5, 0.6) is 0 Å². The third kappa shape index (κ3) is 3.41. The number of likely N-dealkylation sites (N-methyl/N-ethyl adjacent to an activating group) is 1. The minimum Gasteiger partial charge on any atom is -0.459 e. The molecule has 108 valence electrons. The first-order valence-corrected chi connectivity index (χ1v) is 7.66. The molecule has 1 aliphatic carbocycles. The predicted octanol–water partition coefficient (Wildman–Crippen LogP) is 3.90. The third-order valence-corrected chi connectivity index (χ3v) is 3.89. The Bertz CT molecular complexity index is 512. The molecule has 1 saturated carbocycles. The molecule has 3 rings (SSSR count). The van der Waals surface area contributed by atoms with E-state index in [2.05, 4.69) is 24.4 Å². The van der Waals surface area contributed by atoms with Crippen molar-refractivity contribution in [1.82, 2.24) is 5.32 Å². The fraction of sp³-hybridized carbons (Fsp3) is 0.529. The second-order valence-electron chi connectivity index (χ2n) is 5.60. The van der Waals surface area contributed by atoms with Gasteiger partial charge in [0.15, 0.2) is 0 Å². The zero-order chi connectivity index (χ0) is 13.8. The number of fused-ring (bicyclic) bond motifs is 1. The summed E-state index contributed by atoms with van der Waals surface area (Å²) >= 11 is 0. The quantitative estimate of drug-likeness (QED) is 0.741. The highest BCUT2D eigenvalue weighted by Gasteiger charge is 2.21. The molecule has 3 heteroatoms. The molecule has 0 saturated heterocycles. The summed E-state index contributed by atoms with van der Waals surface area (Å²) in [6.45, 7) is 4.57. The summed E-state index contributed by atoms with van der Waals surface area (Å²) in [4.78, 5) is 0. The molecule has 0 spiro atoms. The van der Waals surface area contributed by atoms with Gasteiger partial charge in [-0.2, -0.15) is 0 Å². The van der Waals surface area contributed by atoms with Crippen molar-refractivity contribution in [3.63, 3.8) is 0 Å². The van der Waals surface area contributed by atoms with Gasteiger partial charge in [0.05, 0.1) is 12.6 Å². The van der Waals surface area contributed by atoms with Gasteiger partial charge in [0.2, 0.25) is 0 Å². The van der Waals surface area contributed by atoms with E-state index < -0.39 is 0 Å². The van der Waals surface area contributed by atoms with Gasteiger partial charge in [0.25, 0.3) is 0 Å². The molecule has 1 aromatic carbocycles. The highest BCUT2D eigenvalue weighted by Crippen LogP contribution is 2.32. The summed E-state index contributed by atoms with van der Waals surface area (Å²) in [5.41, 5.74) is 0.948. The molecule has 1 unspecified atom stereocenters. The van der Waals surface area contributed by atoms with Gasteiger partial charge in [-0.15, -0.1) is 0 Å². The predicted molar refractivity (Wildman–Crippen MR) is 80.8 cm³/mol. The monoisotopic (exact) mass is 273 g/mol. The van der Waals surface area contributed by atoms with Crippen LogP contribution in [-0.4, -0.2) is 19.8 Å². The molecule has 20 heavy (non-hydrogen) atoms. The lowest BCUT2D eigenvalue weighted by molar-refractivity contribution is 0.101. The van der Waals surface area contributed by atoms with E-state index in [1.165, 1.54) is 19.3 Å². The largest absolute Gasteiger partial charge is 0.459 e. The second kappa shape index (κ2) is 6.42. The van der Waals surface area contributed by atoms with Crippen molar-refractivity contribution in [2.24, 2.45) is 5.92 Å². The maximum atomic E-state index is 5.93. The number of furan rings is 1. The van der Waals surface area contributed by atoms with E-state index in [0.29, 0.717) is 6.61 Å². The minimum atomic E-state index is 0.145. The van der Waals surface area contributed by atoms with Crippen LogP contribution in [0.15, 0.2) is 34.7 Å². The fourth-order valence-electron chi connectivity index (χ4n) is 2.52. The van der Waals surface area contributed by atoms with Gasteiger partial charge in [0, 0.05) is 12.0 Å². The van der Waals surface area contributed by atoms with Crippen LogP contribution in [0, 0.1) is 5.92 Å². The molecule has 1 heterocycles. The number of hydrogen-bond donors (Lipinski definition) is 1. The number of nitrogens with one attached hydrogen (secondary N) is 1. The average molecular weight is 273 g/mol. The van der Waals surface area contributed by atoms with Gasteiger partial charge in [-0.1, -0.05) is 38.0 Å². The van der Waals surface area contributed by atoms with Crippen LogP contribution in [-0.2, 0) is 4.74 Å². The van der Waals surface area contributed by atoms with Crippen molar-refractivity contribution in [2.75, 3.05) is 19.8 Å². The number of hydrogen-bond acceptors (Lipinski definition) is 3. The van der Waals surface area contributed by atoms with Crippen LogP contribution in [0.1, 0.15) is 38.0 Å². The third-order valence-electron chi connectivity index (χ3n) is 3.89. The lowest BCUT2D eigenvalue weighted by atomic mass is 10.2. The topological polar surface area (TPSA) is 34.4 Å². The van der Waals surface area contributed by atoms with Crippen LogP contribution >= 0.6 is 0 Å². The lowest BCUT2D eigenvalue weighted by Crippen LogP contribution is -2.25. The minimum absolute atomic E-state index is 0.145. The molecule has 1 fully saturated rings. The van der Waals surface area contributed by atoms with E-state index in [1.807, 2.05) is 18.2 Å². The molecular formula is C17H23NO2. The van der Waals surface area contributed by atoms with Crippen LogP contribution in [0.3, 0.4) is 0 Å². The van der Waals surface area contributed by atoms with E-state index in [9.17, 15) is 0 Å². The summed E-state index contributed by atoms with van der Waals surface area (Å²) in [5, 5.41) is 4.60. The summed E-state index contributed by atoms with van der Waals surface area (Å²) in [6, 6.07) is 10.4. The highest BCUT2D eigenvalue weighted by molar-refractivity contribution is 5.77. The summed E-state index contributed by atoms with van der Waals surface area (Å²) in [6.07, 6.45) is 3.99.